The molecule has 3 heteroatoms. The van der Waals surface area contributed by atoms with Crippen molar-refractivity contribution in [2.75, 3.05) is 0 Å². The summed E-state index contributed by atoms with van der Waals surface area (Å²) >= 11 is 0. The van der Waals surface area contributed by atoms with Gasteiger partial charge in [-0.1, -0.05) is 60.2 Å². The Hall–Kier alpha value is -2.94. The summed E-state index contributed by atoms with van der Waals surface area (Å²) in [5.41, 5.74) is 6.16. The van der Waals surface area contributed by atoms with Crippen LogP contribution in [0.1, 0.15) is 28.4 Å². The van der Waals surface area contributed by atoms with Gasteiger partial charge >= 0.3 is 0 Å². The third-order valence-electron chi connectivity index (χ3n) is 3.82. The highest BCUT2D eigenvalue weighted by Gasteiger charge is 2.06. The van der Waals surface area contributed by atoms with Crippen LogP contribution in [-0.2, 0) is 0 Å². The third kappa shape index (κ3) is 3.29. The van der Waals surface area contributed by atoms with E-state index in [0.717, 1.165) is 27.6 Å². The van der Waals surface area contributed by atoms with Gasteiger partial charge < -0.3 is 0 Å². The average Bonchev–Trinajstić information content (AvgIpc) is 2.59. The summed E-state index contributed by atoms with van der Waals surface area (Å²) < 4.78 is 0. The highest BCUT2D eigenvalue weighted by atomic mass is 16.2. The van der Waals surface area contributed by atoms with Crippen molar-refractivity contribution in [3.05, 3.63) is 83.4 Å². The van der Waals surface area contributed by atoms with E-state index in [1.54, 1.807) is 12.1 Å². The van der Waals surface area contributed by atoms with E-state index in [4.69, 9.17) is 0 Å². The lowest BCUT2D eigenvalue weighted by molar-refractivity contribution is 0.0955. The molecule has 3 rings (SSSR count). The molecule has 0 unspecified atom stereocenters. The van der Waals surface area contributed by atoms with Gasteiger partial charge in [-0.15, -0.1) is 0 Å². The number of fused-ring (bicyclic) bond motifs is 1. The zero-order chi connectivity index (χ0) is 16.2. The molecule has 23 heavy (non-hydrogen) atoms. The second kappa shape index (κ2) is 6.44. The predicted octanol–water partition coefficient (Wildman–Crippen LogP) is 4.30. The lowest BCUT2D eigenvalue weighted by Crippen LogP contribution is -2.19. The van der Waals surface area contributed by atoms with Crippen LogP contribution in [0, 0.1) is 6.92 Å². The van der Waals surface area contributed by atoms with Crippen LogP contribution < -0.4 is 5.43 Å². The molecule has 0 aromatic heterocycles. The van der Waals surface area contributed by atoms with E-state index >= 15 is 0 Å². The Kier molecular flexibility index (Phi) is 4.20. The second-order valence-electron chi connectivity index (χ2n) is 5.53. The molecular formula is C20H18N2O. The van der Waals surface area contributed by atoms with E-state index < -0.39 is 0 Å². The highest BCUT2D eigenvalue weighted by molar-refractivity contribution is 6.10. The van der Waals surface area contributed by atoms with Crippen LogP contribution in [0.2, 0.25) is 0 Å². The molecule has 1 amide bonds. The van der Waals surface area contributed by atoms with Crippen LogP contribution in [0.15, 0.2) is 71.8 Å². The maximum absolute atomic E-state index is 12.1. The van der Waals surface area contributed by atoms with Crippen molar-refractivity contribution in [3.63, 3.8) is 0 Å². The molecule has 0 fully saturated rings. The Bertz CT molecular complexity index is 874. The Morgan fingerprint density at radius 2 is 1.61 bits per heavy atom. The van der Waals surface area contributed by atoms with Crippen molar-refractivity contribution in [3.8, 4) is 0 Å². The highest BCUT2D eigenvalue weighted by Crippen LogP contribution is 2.19. The molecule has 0 bridgehead atoms. The van der Waals surface area contributed by atoms with Crippen LogP contribution in [0.25, 0.3) is 10.8 Å². The first-order chi connectivity index (χ1) is 11.1. The number of nitrogens with zero attached hydrogens (tertiary/aromatic N) is 1. The molecule has 3 nitrogen and oxygen atoms in total. The molecule has 0 aliphatic carbocycles. The van der Waals surface area contributed by atoms with E-state index in [-0.39, 0.29) is 5.91 Å². The molecule has 0 atom stereocenters. The van der Waals surface area contributed by atoms with Gasteiger partial charge in [0.2, 0.25) is 0 Å². The number of carbonyl (C=O) groups excluding carboxylic acids is 1. The van der Waals surface area contributed by atoms with Gasteiger partial charge in [0.05, 0.1) is 5.71 Å². The Morgan fingerprint density at radius 3 is 2.39 bits per heavy atom. The SMILES string of the molecule is C/C(=N/NC(=O)c1ccc(C)cc1)c1cccc2ccccc12. The number of hydrogen-bond donors (Lipinski definition) is 1. The number of rotatable bonds is 3. The number of carbonyl (C=O) groups is 1. The van der Waals surface area contributed by atoms with E-state index in [1.165, 1.54) is 0 Å². The van der Waals surface area contributed by atoms with Crippen LogP contribution in [0.5, 0.6) is 0 Å². The van der Waals surface area contributed by atoms with Crippen LogP contribution in [-0.4, -0.2) is 11.6 Å². The van der Waals surface area contributed by atoms with E-state index in [9.17, 15) is 4.79 Å². The van der Waals surface area contributed by atoms with Crippen molar-refractivity contribution >= 4 is 22.4 Å². The van der Waals surface area contributed by atoms with Crippen molar-refractivity contribution < 1.29 is 4.79 Å². The van der Waals surface area contributed by atoms with Crippen LogP contribution >= 0.6 is 0 Å². The zero-order valence-corrected chi connectivity index (χ0v) is 13.2. The van der Waals surface area contributed by atoms with Crippen LogP contribution in [0.3, 0.4) is 0 Å². The van der Waals surface area contributed by atoms with Gasteiger partial charge in [0, 0.05) is 11.1 Å². The summed E-state index contributed by atoms with van der Waals surface area (Å²) in [6.45, 7) is 3.89. The summed E-state index contributed by atoms with van der Waals surface area (Å²) in [5.74, 6) is -0.204. The standard InChI is InChI=1S/C20H18N2O/c1-14-10-12-17(13-11-14)20(23)22-21-15(2)18-9-5-7-16-6-3-4-8-19(16)18/h3-13H,1-2H3,(H,22,23)/b21-15-. The molecule has 0 saturated carbocycles. The van der Waals surface area contributed by atoms with Gasteiger partial charge in [0.1, 0.15) is 0 Å². The van der Waals surface area contributed by atoms with Crippen LogP contribution in [0.4, 0.5) is 0 Å². The molecule has 0 radical (unpaired) electrons. The molecule has 3 aromatic carbocycles. The molecule has 0 spiro atoms. The predicted molar refractivity (Wildman–Crippen MR) is 94.8 cm³/mol. The molecule has 0 heterocycles. The largest absolute Gasteiger partial charge is 0.271 e. The third-order valence-corrected chi connectivity index (χ3v) is 3.82. The smallest absolute Gasteiger partial charge is 0.267 e. The molecule has 0 saturated heterocycles. The summed E-state index contributed by atoms with van der Waals surface area (Å²) in [4.78, 5) is 12.1. The molecule has 0 aliphatic rings. The number of amides is 1. The zero-order valence-electron chi connectivity index (χ0n) is 13.2. The van der Waals surface area contributed by atoms with Gasteiger partial charge in [-0.25, -0.2) is 5.43 Å². The molecular weight excluding hydrogens is 284 g/mol. The van der Waals surface area contributed by atoms with Gasteiger partial charge in [0.25, 0.3) is 5.91 Å². The Labute approximate surface area is 135 Å². The maximum Gasteiger partial charge on any atom is 0.271 e. The monoisotopic (exact) mass is 302 g/mol. The number of aryl methyl sites for hydroxylation is 1. The minimum atomic E-state index is -0.204. The number of benzene rings is 3. The van der Waals surface area contributed by atoms with Gasteiger partial charge in [-0.05, 0) is 36.8 Å². The van der Waals surface area contributed by atoms with E-state index in [2.05, 4.69) is 28.7 Å². The van der Waals surface area contributed by atoms with Crippen molar-refractivity contribution in [2.24, 2.45) is 5.10 Å². The molecule has 114 valence electrons. The number of hydrogen-bond acceptors (Lipinski definition) is 2. The van der Waals surface area contributed by atoms with Crippen molar-refractivity contribution in [1.82, 2.24) is 5.43 Å². The fourth-order valence-electron chi connectivity index (χ4n) is 2.51. The lowest BCUT2D eigenvalue weighted by atomic mass is 10.0. The van der Waals surface area contributed by atoms with Gasteiger partial charge in [-0.3, -0.25) is 4.79 Å². The quantitative estimate of drug-likeness (QED) is 0.568. The average molecular weight is 302 g/mol. The fraction of sp³-hybridized carbons (Fsp3) is 0.100. The fourth-order valence-corrected chi connectivity index (χ4v) is 2.51. The number of hydrazone groups is 1. The van der Waals surface area contributed by atoms with Crippen molar-refractivity contribution in [1.29, 1.82) is 0 Å². The normalized spacial score (nSPS) is 11.5. The summed E-state index contributed by atoms with van der Waals surface area (Å²) in [6, 6.07) is 21.6. The second-order valence-corrected chi connectivity index (χ2v) is 5.53. The maximum atomic E-state index is 12.1. The Balaban J connectivity index is 1.84. The van der Waals surface area contributed by atoms with E-state index in [0.29, 0.717) is 5.56 Å². The van der Waals surface area contributed by atoms with E-state index in [1.807, 2.05) is 50.2 Å². The van der Waals surface area contributed by atoms with Gasteiger partial charge in [0.15, 0.2) is 0 Å². The first-order valence-electron chi connectivity index (χ1n) is 7.54. The summed E-state index contributed by atoms with van der Waals surface area (Å²) in [5, 5.41) is 6.54. The van der Waals surface area contributed by atoms with Crippen molar-refractivity contribution in [2.45, 2.75) is 13.8 Å². The Morgan fingerprint density at radius 1 is 0.913 bits per heavy atom. The topological polar surface area (TPSA) is 41.5 Å². The lowest BCUT2D eigenvalue weighted by Gasteiger charge is -2.07. The minimum absolute atomic E-state index is 0.204. The first kappa shape index (κ1) is 15.0. The molecule has 0 aliphatic heterocycles. The first-order valence-corrected chi connectivity index (χ1v) is 7.54. The number of nitrogens with one attached hydrogen (secondary N) is 1. The minimum Gasteiger partial charge on any atom is -0.267 e. The van der Waals surface area contributed by atoms with Gasteiger partial charge in [-0.2, -0.15) is 5.10 Å². The summed E-state index contributed by atoms with van der Waals surface area (Å²) in [7, 11) is 0. The molecule has 3 aromatic rings. The molecule has 1 N–H and O–H groups in total. The summed E-state index contributed by atoms with van der Waals surface area (Å²) in [6.07, 6.45) is 0.